The topological polar surface area (TPSA) is 63.5 Å². The molecule has 0 amide bonds. The number of hydrogen-bond acceptors (Lipinski definition) is 3. The van der Waals surface area contributed by atoms with E-state index in [9.17, 15) is 15.4 Å². The maximum Gasteiger partial charge on any atom is 0.189 e. The van der Waals surface area contributed by atoms with Crippen molar-refractivity contribution in [1.29, 1.82) is 0 Å². The quantitative estimate of drug-likeness (QED) is 0.260. The van der Waals surface area contributed by atoms with Crippen LogP contribution in [0.1, 0.15) is 72.1 Å². The molecule has 0 fully saturated rings. The van der Waals surface area contributed by atoms with Crippen LogP contribution < -0.4 is 0 Å². The van der Waals surface area contributed by atoms with E-state index < -0.39 is 17.1 Å². The first-order valence-corrected chi connectivity index (χ1v) is 7.39. The van der Waals surface area contributed by atoms with Gasteiger partial charge in [-0.1, -0.05) is 45.4 Å². The van der Waals surface area contributed by atoms with Crippen LogP contribution in [0.3, 0.4) is 0 Å². The van der Waals surface area contributed by atoms with Gasteiger partial charge < -0.3 is 20.1 Å². The summed E-state index contributed by atoms with van der Waals surface area (Å²) in [6.07, 6.45) is 7.18. The molecule has 0 saturated carbocycles. The molecule has 0 aliphatic rings. The lowest BCUT2D eigenvalue weighted by Crippen LogP contribution is -2.55. The predicted molar refractivity (Wildman–Crippen MR) is 74.5 cm³/mol. The van der Waals surface area contributed by atoms with Crippen molar-refractivity contribution in [2.24, 2.45) is 0 Å². The number of aliphatic hydroxyl groups is 2. The lowest BCUT2D eigenvalue weighted by molar-refractivity contribution is -0.965. The summed E-state index contributed by atoms with van der Waals surface area (Å²) in [6, 6.07) is 0. The fraction of sp³-hybridized carbons (Fsp3) is 1.00. The van der Waals surface area contributed by atoms with Crippen LogP contribution in [0, 0.1) is 5.21 Å². The molecule has 0 saturated heterocycles. The molecule has 0 rings (SSSR count). The van der Waals surface area contributed by atoms with Crippen LogP contribution >= 0.6 is 0 Å². The van der Waals surface area contributed by atoms with E-state index in [-0.39, 0.29) is 0 Å². The van der Waals surface area contributed by atoms with Gasteiger partial charge in [-0.3, -0.25) is 0 Å². The third kappa shape index (κ3) is 6.69. The third-order valence-corrected chi connectivity index (χ3v) is 3.63. The first-order chi connectivity index (χ1) is 8.45. The highest BCUT2D eigenvalue weighted by molar-refractivity contribution is 4.50. The largest absolute Gasteiger partial charge is 0.629 e. The highest BCUT2D eigenvalue weighted by Crippen LogP contribution is 2.17. The van der Waals surface area contributed by atoms with Crippen molar-refractivity contribution in [2.75, 3.05) is 6.54 Å². The van der Waals surface area contributed by atoms with Gasteiger partial charge in [0.2, 0.25) is 0 Å². The van der Waals surface area contributed by atoms with Crippen LogP contribution in [-0.2, 0) is 0 Å². The zero-order valence-electron chi connectivity index (χ0n) is 12.3. The Hall–Kier alpha value is -0.160. The van der Waals surface area contributed by atoms with Gasteiger partial charge in [0.1, 0.15) is 0 Å². The minimum Gasteiger partial charge on any atom is -0.629 e. The van der Waals surface area contributed by atoms with E-state index in [2.05, 4.69) is 6.92 Å². The Morgan fingerprint density at radius 1 is 0.833 bits per heavy atom. The van der Waals surface area contributed by atoms with Crippen LogP contribution in [0.25, 0.3) is 0 Å². The van der Waals surface area contributed by atoms with Crippen molar-refractivity contribution in [3.05, 3.63) is 5.21 Å². The predicted octanol–water partition coefficient (Wildman–Crippen LogP) is 3.12. The number of aliphatic hydroxyl groups excluding tert-OH is 2. The van der Waals surface area contributed by atoms with E-state index in [0.29, 0.717) is 6.54 Å². The molecule has 110 valence electrons. The summed E-state index contributed by atoms with van der Waals surface area (Å²) in [5.74, 6) is 0. The van der Waals surface area contributed by atoms with E-state index in [0.717, 1.165) is 19.3 Å². The lowest BCUT2D eigenvalue weighted by Gasteiger charge is -2.47. The maximum atomic E-state index is 12.1. The Balaban J connectivity index is 3.63. The Morgan fingerprint density at radius 2 is 1.22 bits per heavy atom. The molecule has 2 unspecified atom stereocenters. The van der Waals surface area contributed by atoms with E-state index >= 15 is 0 Å². The molecular weight excluding hydrogens is 230 g/mol. The molecule has 2 N–H and O–H groups in total. The van der Waals surface area contributed by atoms with Crippen molar-refractivity contribution in [3.8, 4) is 0 Å². The average Bonchev–Trinajstić information content (AvgIpc) is 2.31. The van der Waals surface area contributed by atoms with Crippen LogP contribution in [0.2, 0.25) is 0 Å². The highest BCUT2D eigenvalue weighted by atomic mass is 16.6. The van der Waals surface area contributed by atoms with Crippen LogP contribution in [0.15, 0.2) is 0 Å². The first-order valence-electron chi connectivity index (χ1n) is 7.39. The van der Waals surface area contributed by atoms with Gasteiger partial charge in [0.05, 0.1) is 6.54 Å². The van der Waals surface area contributed by atoms with Gasteiger partial charge in [-0.2, -0.15) is 0 Å². The van der Waals surface area contributed by atoms with Crippen molar-refractivity contribution in [2.45, 2.75) is 84.6 Å². The van der Waals surface area contributed by atoms with E-state index in [4.69, 9.17) is 0 Å². The summed E-state index contributed by atoms with van der Waals surface area (Å²) in [6.45, 7) is 5.40. The van der Waals surface area contributed by atoms with Crippen molar-refractivity contribution in [3.63, 3.8) is 0 Å². The number of quaternary nitrogens is 1. The van der Waals surface area contributed by atoms with Gasteiger partial charge in [-0.05, 0) is 12.8 Å². The second-order valence-electron chi connectivity index (χ2n) is 5.32. The van der Waals surface area contributed by atoms with Crippen molar-refractivity contribution in [1.82, 2.24) is 0 Å². The van der Waals surface area contributed by atoms with Crippen LogP contribution in [0.5, 0.6) is 0 Å². The molecule has 0 aromatic rings. The van der Waals surface area contributed by atoms with E-state index in [1.165, 1.54) is 46.0 Å². The fourth-order valence-electron chi connectivity index (χ4n) is 2.18. The molecule has 0 aromatic carbocycles. The Morgan fingerprint density at radius 3 is 1.61 bits per heavy atom. The summed E-state index contributed by atoms with van der Waals surface area (Å²) in [5, 5.41) is 31.0. The zero-order chi connectivity index (χ0) is 14.0. The minimum absolute atomic E-state index is 0.296. The van der Waals surface area contributed by atoms with Gasteiger partial charge >= 0.3 is 0 Å². The second kappa shape index (κ2) is 9.73. The summed E-state index contributed by atoms with van der Waals surface area (Å²) < 4.78 is -0.907. The normalized spacial score (nSPS) is 18.3. The average molecular weight is 261 g/mol. The van der Waals surface area contributed by atoms with E-state index in [1.54, 1.807) is 0 Å². The minimum atomic E-state index is -1.06. The maximum absolute atomic E-state index is 12.1. The zero-order valence-corrected chi connectivity index (χ0v) is 12.3. The summed E-state index contributed by atoms with van der Waals surface area (Å²) >= 11 is 0. The fourth-order valence-corrected chi connectivity index (χ4v) is 2.18. The van der Waals surface area contributed by atoms with Gasteiger partial charge in [0, 0.05) is 13.8 Å². The Labute approximate surface area is 112 Å². The molecule has 0 aliphatic heterocycles. The Kier molecular flexibility index (Phi) is 9.64. The molecule has 0 aliphatic carbocycles. The number of rotatable bonds is 11. The lowest BCUT2D eigenvalue weighted by atomic mass is 10.1. The molecule has 4 nitrogen and oxygen atoms in total. The third-order valence-electron chi connectivity index (χ3n) is 3.63. The molecule has 0 radical (unpaired) electrons. The van der Waals surface area contributed by atoms with Crippen LogP contribution in [-0.4, -0.2) is 33.9 Å². The summed E-state index contributed by atoms with van der Waals surface area (Å²) in [4.78, 5) is 0. The van der Waals surface area contributed by atoms with Crippen molar-refractivity contribution >= 4 is 0 Å². The van der Waals surface area contributed by atoms with E-state index in [1.807, 2.05) is 0 Å². The number of nitrogens with zero attached hydrogens (tertiary/aromatic N) is 1. The molecular formula is C14H31NO3. The molecule has 2 atom stereocenters. The Bertz CT molecular complexity index is 187. The SMILES string of the molecule is CCCCCCCCCC[N+]([O-])(C(C)O)C(C)O. The second-order valence-corrected chi connectivity index (χ2v) is 5.32. The van der Waals surface area contributed by atoms with Crippen LogP contribution in [0.4, 0.5) is 0 Å². The van der Waals surface area contributed by atoms with Crippen molar-refractivity contribution < 1.29 is 14.9 Å². The number of hydroxylamine groups is 3. The standard InChI is InChI=1S/C14H31NO3/c1-4-5-6-7-8-9-10-11-12-15(18,13(2)16)14(3)17/h13-14,16-17H,4-12H2,1-3H3. The monoisotopic (exact) mass is 261 g/mol. The smallest absolute Gasteiger partial charge is 0.189 e. The van der Waals surface area contributed by atoms with Gasteiger partial charge in [0.15, 0.2) is 12.5 Å². The molecule has 0 bridgehead atoms. The molecule has 4 heteroatoms. The first kappa shape index (κ1) is 17.8. The molecule has 0 spiro atoms. The number of hydrogen-bond donors (Lipinski definition) is 2. The van der Waals surface area contributed by atoms with Gasteiger partial charge in [-0.25, -0.2) is 0 Å². The number of unbranched alkanes of at least 4 members (excludes halogenated alkanes) is 7. The molecule has 18 heavy (non-hydrogen) atoms. The highest BCUT2D eigenvalue weighted by Gasteiger charge is 2.27. The van der Waals surface area contributed by atoms with Gasteiger partial charge in [-0.15, -0.1) is 0 Å². The van der Waals surface area contributed by atoms with Gasteiger partial charge in [0.25, 0.3) is 0 Å². The molecule has 0 heterocycles. The summed E-state index contributed by atoms with van der Waals surface area (Å²) in [7, 11) is 0. The summed E-state index contributed by atoms with van der Waals surface area (Å²) in [5.41, 5.74) is 0. The molecule has 0 aromatic heterocycles.